The van der Waals surface area contributed by atoms with Crippen molar-refractivity contribution in [1.82, 2.24) is 0 Å². The van der Waals surface area contributed by atoms with E-state index in [2.05, 4.69) is 0 Å². The molecule has 0 spiro atoms. The summed E-state index contributed by atoms with van der Waals surface area (Å²) in [5, 5.41) is 18.0. The van der Waals surface area contributed by atoms with Crippen LogP contribution in [0.5, 0.6) is 0 Å². The number of hydrogen-bond acceptors (Lipinski definition) is 8. The molecule has 0 radical (unpaired) electrons. The van der Waals surface area contributed by atoms with Crippen LogP contribution in [0.4, 0.5) is 0 Å². The van der Waals surface area contributed by atoms with Crippen molar-refractivity contribution in [2.24, 2.45) is 10.7 Å². The Hall–Kier alpha value is 0.590. The first-order valence-electron chi connectivity index (χ1n) is 3.95. The zero-order chi connectivity index (χ0) is 12.1. The van der Waals surface area contributed by atoms with Gasteiger partial charge in [0.2, 0.25) is 0 Å². The Balaban J connectivity index is 0. The molecule has 2 atom stereocenters. The van der Waals surface area contributed by atoms with Gasteiger partial charge in [0.25, 0.3) is 0 Å². The molecule has 15 heavy (non-hydrogen) atoms. The molecule has 1 heterocycles. The average Bonchev–Trinajstić information content (AvgIpc) is 2.67. The SMILES string of the molecule is O=N[O-].O=N[O-].[Hg][CH2]C1COC([CH2][Hg])O1. The zero-order valence-corrected chi connectivity index (χ0v) is 19.0. The number of rotatable bonds is 2. The molecular weight excluding hydrogens is 585 g/mol. The van der Waals surface area contributed by atoms with E-state index < -0.39 is 0 Å². The Kier molecular flexibility index (Phi) is 17.5. The molecule has 80 valence electrons. The summed E-state index contributed by atoms with van der Waals surface area (Å²) in [4.78, 5) is 16.0. The molecule has 0 aromatic rings. The van der Waals surface area contributed by atoms with Gasteiger partial charge >= 0.3 is 88.6 Å². The molecule has 1 fully saturated rings. The van der Waals surface area contributed by atoms with Crippen LogP contribution in [0.3, 0.4) is 0 Å². The molecule has 0 aromatic carbocycles. The van der Waals surface area contributed by atoms with Crippen molar-refractivity contribution in [3.8, 4) is 0 Å². The normalized spacial score (nSPS) is 22.9. The standard InChI is InChI=1S/C5H8O2.2Hg.2HNO2/c1-4-3-6-5(2)7-4;;;2*2-1-3/h4-5H,1-3H2;;;2*(H,2,3)/p-2. The van der Waals surface area contributed by atoms with Gasteiger partial charge in [-0.05, 0) is 0 Å². The van der Waals surface area contributed by atoms with Gasteiger partial charge in [-0.3, -0.25) is 0 Å². The van der Waals surface area contributed by atoms with E-state index >= 15 is 0 Å². The third kappa shape index (κ3) is 12.5. The first-order valence-corrected chi connectivity index (χ1v) is 11.7. The van der Waals surface area contributed by atoms with E-state index in [4.69, 9.17) is 29.7 Å². The molecule has 10 heteroatoms. The van der Waals surface area contributed by atoms with Crippen LogP contribution >= 0.6 is 0 Å². The Labute approximate surface area is 118 Å². The monoisotopic (exact) mass is 596 g/mol. The van der Waals surface area contributed by atoms with Crippen molar-refractivity contribution in [2.75, 3.05) is 6.61 Å². The molecule has 1 aliphatic rings. The average molecular weight is 593 g/mol. The third-order valence-corrected chi connectivity index (χ3v) is 5.71. The topological polar surface area (TPSA) is 123 Å². The molecule has 0 bridgehead atoms. The predicted octanol–water partition coefficient (Wildman–Crippen LogP) is 1.16. The quantitative estimate of drug-likeness (QED) is 0.269. The number of hydrogen-bond donors (Lipinski definition) is 0. The van der Waals surface area contributed by atoms with Gasteiger partial charge < -0.3 is 20.2 Å². The molecule has 0 N–H and O–H groups in total. The van der Waals surface area contributed by atoms with E-state index in [9.17, 15) is 0 Å². The molecule has 2 unspecified atom stereocenters. The zero-order valence-electron chi connectivity index (χ0n) is 8.03. The van der Waals surface area contributed by atoms with E-state index in [-0.39, 0.29) is 6.29 Å². The third-order valence-electron chi connectivity index (χ3n) is 1.37. The summed E-state index contributed by atoms with van der Waals surface area (Å²) in [6.45, 7) is 0.866. The number of nitrogens with zero attached hydrogens (tertiary/aromatic N) is 2. The summed E-state index contributed by atoms with van der Waals surface area (Å²) in [6, 6.07) is 0. The summed E-state index contributed by atoms with van der Waals surface area (Å²) in [5.41, 5.74) is 0. The van der Waals surface area contributed by atoms with E-state index in [1.54, 1.807) is 0 Å². The van der Waals surface area contributed by atoms with Crippen molar-refractivity contribution in [2.45, 2.75) is 20.3 Å². The van der Waals surface area contributed by atoms with Gasteiger partial charge in [0.1, 0.15) is 0 Å². The van der Waals surface area contributed by atoms with Crippen molar-refractivity contribution < 1.29 is 61.7 Å². The van der Waals surface area contributed by atoms with Gasteiger partial charge in [0.05, 0.1) is 0 Å². The summed E-state index contributed by atoms with van der Waals surface area (Å²) >= 11 is 1.71. The second-order valence-corrected chi connectivity index (χ2v) is 6.74. The molecule has 1 rings (SSSR count). The first-order chi connectivity index (χ1) is 7.19. The van der Waals surface area contributed by atoms with Crippen LogP contribution in [0.1, 0.15) is 0 Å². The van der Waals surface area contributed by atoms with Crippen molar-refractivity contribution in [3.05, 3.63) is 20.2 Å². The molecule has 8 nitrogen and oxygen atoms in total. The van der Waals surface area contributed by atoms with E-state index in [1.807, 2.05) is 0 Å². The fraction of sp³-hybridized carbons (Fsp3) is 1.00. The van der Waals surface area contributed by atoms with Crippen molar-refractivity contribution in [3.63, 3.8) is 0 Å². The van der Waals surface area contributed by atoms with Gasteiger partial charge in [0.15, 0.2) is 0 Å². The Morgan fingerprint density at radius 3 is 1.87 bits per heavy atom. The van der Waals surface area contributed by atoms with E-state index in [0.717, 1.165) is 69.5 Å². The summed E-state index contributed by atoms with van der Waals surface area (Å²) in [5.74, 6) is 0. The van der Waals surface area contributed by atoms with Crippen LogP contribution in [0.2, 0.25) is 7.86 Å². The van der Waals surface area contributed by atoms with Crippen LogP contribution in [0.25, 0.3) is 0 Å². The summed E-state index contributed by atoms with van der Waals surface area (Å²) in [7, 11) is 0. The molecular formula is C5H8Hg2N2O6-2. The van der Waals surface area contributed by atoms with E-state index in [1.165, 1.54) is 7.86 Å². The van der Waals surface area contributed by atoms with Gasteiger partial charge in [-0.15, -0.1) is 10.7 Å². The van der Waals surface area contributed by atoms with Gasteiger partial charge in [-0.25, -0.2) is 0 Å². The fourth-order valence-electron chi connectivity index (χ4n) is 0.811. The fourth-order valence-corrected chi connectivity index (χ4v) is 3.16. The number of ether oxygens (including phenoxy) is 2. The molecule has 0 amide bonds. The van der Waals surface area contributed by atoms with Gasteiger partial charge in [-0.2, -0.15) is 0 Å². The molecule has 1 saturated heterocycles. The van der Waals surface area contributed by atoms with Crippen molar-refractivity contribution >= 4 is 0 Å². The molecule has 0 saturated carbocycles. The Morgan fingerprint density at radius 1 is 1.20 bits per heavy atom. The van der Waals surface area contributed by atoms with Crippen LogP contribution in [-0.4, -0.2) is 19.0 Å². The molecule has 0 aliphatic carbocycles. The van der Waals surface area contributed by atoms with Crippen LogP contribution in [-0.2, 0) is 61.7 Å². The van der Waals surface area contributed by atoms with Crippen LogP contribution < -0.4 is 0 Å². The summed E-state index contributed by atoms with van der Waals surface area (Å²) < 4.78 is 13.4. The second kappa shape index (κ2) is 14.6. The van der Waals surface area contributed by atoms with Crippen LogP contribution in [0, 0.1) is 20.2 Å². The van der Waals surface area contributed by atoms with Crippen LogP contribution in [0.15, 0.2) is 10.7 Å². The maximum absolute atomic E-state index is 8.00. The van der Waals surface area contributed by atoms with Gasteiger partial charge in [-0.1, -0.05) is 0 Å². The Bertz CT molecular complexity index is 146. The predicted molar refractivity (Wildman–Crippen MR) is 42.6 cm³/mol. The van der Waals surface area contributed by atoms with Crippen molar-refractivity contribution in [1.29, 1.82) is 0 Å². The molecule has 0 aromatic heterocycles. The second-order valence-electron chi connectivity index (χ2n) is 2.25. The molecule has 1 aliphatic heterocycles. The Morgan fingerprint density at radius 2 is 1.67 bits per heavy atom. The minimum absolute atomic E-state index is 0.196. The first kappa shape index (κ1) is 18.0. The summed E-state index contributed by atoms with van der Waals surface area (Å²) in [6.07, 6.45) is 0.670. The van der Waals surface area contributed by atoms with Gasteiger partial charge in [0, 0.05) is 0 Å². The maximum atomic E-state index is 8.00. The van der Waals surface area contributed by atoms with E-state index in [0.29, 0.717) is 6.10 Å². The minimum atomic E-state index is 0.196.